The van der Waals surface area contributed by atoms with E-state index in [1.807, 2.05) is 6.08 Å². The number of ether oxygens (including phenoxy) is 1. The van der Waals surface area contributed by atoms with Crippen LogP contribution >= 0.6 is 22.6 Å². The van der Waals surface area contributed by atoms with Gasteiger partial charge in [0, 0.05) is 0 Å². The van der Waals surface area contributed by atoms with Crippen molar-refractivity contribution in [1.82, 2.24) is 0 Å². The minimum absolute atomic E-state index is 0.0630. The zero-order valence-corrected chi connectivity index (χ0v) is 22.2. The van der Waals surface area contributed by atoms with Gasteiger partial charge >= 0.3 is 0 Å². The van der Waals surface area contributed by atoms with Crippen molar-refractivity contribution in [3.8, 4) is 0 Å². The molecule has 0 spiro atoms. The fourth-order valence-corrected chi connectivity index (χ4v) is 5.24. The number of hydrogen-bond donors (Lipinski definition) is 0. The molecular weight excluding hydrogens is 455 g/mol. The molecule has 0 aliphatic carbocycles. The fraction of sp³-hybridized carbons (Fsp3) is 0.700. The van der Waals surface area contributed by atoms with Gasteiger partial charge in [-0.05, 0) is 62.5 Å². The van der Waals surface area contributed by atoms with E-state index in [2.05, 4.69) is 108 Å². The first kappa shape index (κ1) is 25.3. The van der Waals surface area contributed by atoms with Crippen molar-refractivity contribution in [2.75, 3.05) is 0 Å². The second-order valence-corrected chi connectivity index (χ2v) is 21.0. The van der Waals surface area contributed by atoms with Crippen molar-refractivity contribution in [3.63, 3.8) is 0 Å². The van der Waals surface area contributed by atoms with Crippen LogP contribution in [-0.4, -0.2) is 34.2 Å². The molecule has 2 nitrogen and oxygen atoms in total. The molecule has 0 saturated carbocycles. The number of hydrogen-bond acceptors (Lipinski definition) is 2. The maximum atomic E-state index is 6.59. The molecule has 0 rings (SSSR count). The summed E-state index contributed by atoms with van der Waals surface area (Å²) in [5.74, 6) is 0. The SMILES string of the molecule is C=CC/C(=C(/I)[Si](C)(C)C)[C@@H](OC(C)(C)C)[C@@H](/C=C/C)O[Si](C)(C)C. The van der Waals surface area contributed by atoms with Gasteiger partial charge < -0.3 is 9.16 Å². The Morgan fingerprint density at radius 1 is 1.12 bits per heavy atom. The van der Waals surface area contributed by atoms with Gasteiger partial charge in [-0.25, -0.2) is 0 Å². The zero-order chi connectivity index (χ0) is 20.1. The Bertz CT molecular complexity index is 491. The molecule has 146 valence electrons. The Morgan fingerprint density at radius 2 is 1.64 bits per heavy atom. The molecule has 0 aliphatic rings. The van der Waals surface area contributed by atoms with E-state index >= 15 is 0 Å². The maximum absolute atomic E-state index is 6.59. The van der Waals surface area contributed by atoms with E-state index in [9.17, 15) is 0 Å². The first-order valence-corrected chi connectivity index (χ1v) is 17.1. The molecule has 0 radical (unpaired) electrons. The monoisotopic (exact) mass is 494 g/mol. The Labute approximate surface area is 172 Å². The summed E-state index contributed by atoms with van der Waals surface area (Å²) in [6, 6.07) is 0. The minimum Gasteiger partial charge on any atom is -0.408 e. The van der Waals surface area contributed by atoms with E-state index in [1.54, 1.807) is 0 Å². The Balaban J connectivity index is 6.29. The van der Waals surface area contributed by atoms with Gasteiger partial charge in [0.2, 0.25) is 0 Å². The Kier molecular flexibility index (Phi) is 10.1. The Hall–Kier alpha value is 0.304. The molecule has 5 heteroatoms. The summed E-state index contributed by atoms with van der Waals surface area (Å²) in [5, 5.41) is 0. The van der Waals surface area contributed by atoms with Crippen LogP contribution in [0.4, 0.5) is 0 Å². The lowest BCUT2D eigenvalue weighted by atomic mass is 10.0. The maximum Gasteiger partial charge on any atom is 0.184 e. The largest absolute Gasteiger partial charge is 0.408 e. The molecule has 0 bridgehead atoms. The highest BCUT2D eigenvalue weighted by Gasteiger charge is 2.35. The molecule has 0 saturated heterocycles. The normalized spacial score (nSPS) is 17.4. The molecule has 2 atom stereocenters. The second-order valence-electron chi connectivity index (χ2n) is 9.45. The topological polar surface area (TPSA) is 18.5 Å². The van der Waals surface area contributed by atoms with Gasteiger partial charge in [-0.2, -0.15) is 0 Å². The van der Waals surface area contributed by atoms with E-state index in [0.29, 0.717) is 0 Å². The summed E-state index contributed by atoms with van der Waals surface area (Å²) >= 11 is 2.54. The molecule has 0 aromatic carbocycles. The minimum atomic E-state index is -1.72. The smallest absolute Gasteiger partial charge is 0.184 e. The van der Waals surface area contributed by atoms with Crippen LogP contribution in [0.15, 0.2) is 33.6 Å². The summed E-state index contributed by atoms with van der Waals surface area (Å²) < 4.78 is 14.6. The van der Waals surface area contributed by atoms with Crippen molar-refractivity contribution < 1.29 is 9.16 Å². The summed E-state index contributed by atoms with van der Waals surface area (Å²) in [6.45, 7) is 26.3. The van der Waals surface area contributed by atoms with Crippen LogP contribution in [0.2, 0.25) is 39.3 Å². The lowest BCUT2D eigenvalue weighted by molar-refractivity contribution is -0.0776. The van der Waals surface area contributed by atoms with Crippen molar-refractivity contribution in [1.29, 1.82) is 0 Å². The number of allylic oxidation sites excluding steroid dienone is 2. The van der Waals surface area contributed by atoms with Crippen LogP contribution in [0.5, 0.6) is 0 Å². The molecule has 0 aliphatic heterocycles. The van der Waals surface area contributed by atoms with Crippen LogP contribution in [0.3, 0.4) is 0 Å². The van der Waals surface area contributed by atoms with Crippen LogP contribution < -0.4 is 0 Å². The quantitative estimate of drug-likeness (QED) is 0.193. The first-order chi connectivity index (χ1) is 11.1. The van der Waals surface area contributed by atoms with E-state index in [-0.39, 0.29) is 17.8 Å². The summed E-state index contributed by atoms with van der Waals surface area (Å²) in [7, 11) is -3.17. The standard InChI is InChI=1S/C20H39IO2Si2/c1-12-14-16(19(21)24(6,7)8)18(22-20(3,4)5)17(15-13-2)23-25(9,10)11/h12-13,15,17-18H,1,14H2,2-11H3/b15-13+,19-16+/t17-,18-/m1/s1. The third kappa shape index (κ3) is 10.3. The lowest BCUT2D eigenvalue weighted by Gasteiger charge is -2.38. The zero-order valence-electron chi connectivity index (χ0n) is 18.0. The summed E-state index contributed by atoms with van der Waals surface area (Å²) in [6.07, 6.45) is 6.93. The molecule has 0 unspecified atom stereocenters. The average Bonchev–Trinajstić information content (AvgIpc) is 2.38. The van der Waals surface area contributed by atoms with Gasteiger partial charge in [-0.1, -0.05) is 60.5 Å². The van der Waals surface area contributed by atoms with E-state index in [0.717, 1.165) is 6.42 Å². The molecule has 25 heavy (non-hydrogen) atoms. The molecule has 0 aromatic rings. The summed E-state index contributed by atoms with van der Waals surface area (Å²) in [4.78, 5) is 0. The van der Waals surface area contributed by atoms with Gasteiger partial charge in [0.15, 0.2) is 8.32 Å². The van der Waals surface area contributed by atoms with Crippen LogP contribution in [0, 0.1) is 0 Å². The van der Waals surface area contributed by atoms with Crippen molar-refractivity contribution in [3.05, 3.63) is 33.6 Å². The molecule has 0 N–H and O–H groups in total. The van der Waals surface area contributed by atoms with Crippen LogP contribution in [0.1, 0.15) is 34.1 Å². The molecule has 0 heterocycles. The Morgan fingerprint density at radius 3 is 1.96 bits per heavy atom. The highest BCUT2D eigenvalue weighted by atomic mass is 127. The highest BCUT2D eigenvalue weighted by Crippen LogP contribution is 2.34. The van der Waals surface area contributed by atoms with Crippen molar-refractivity contribution >= 4 is 39.0 Å². The third-order valence-electron chi connectivity index (χ3n) is 3.30. The predicted molar refractivity (Wildman–Crippen MR) is 127 cm³/mol. The summed E-state index contributed by atoms with van der Waals surface area (Å²) in [5.41, 5.74) is 1.10. The van der Waals surface area contributed by atoms with Gasteiger partial charge in [0.05, 0.1) is 19.8 Å². The van der Waals surface area contributed by atoms with Gasteiger partial charge in [0.1, 0.15) is 6.10 Å². The van der Waals surface area contributed by atoms with Crippen LogP contribution in [-0.2, 0) is 9.16 Å². The molecule has 0 amide bonds. The van der Waals surface area contributed by atoms with Gasteiger partial charge in [-0.15, -0.1) is 6.58 Å². The lowest BCUT2D eigenvalue weighted by Crippen LogP contribution is -2.44. The van der Waals surface area contributed by atoms with Crippen LogP contribution in [0.25, 0.3) is 0 Å². The number of rotatable bonds is 9. The number of halogens is 1. The van der Waals surface area contributed by atoms with E-state index in [1.165, 1.54) is 8.78 Å². The molecule has 0 aromatic heterocycles. The fourth-order valence-electron chi connectivity index (χ4n) is 2.49. The van der Waals surface area contributed by atoms with E-state index < -0.39 is 16.4 Å². The molecular formula is C20H39IO2Si2. The van der Waals surface area contributed by atoms with Gasteiger partial charge in [0.25, 0.3) is 0 Å². The van der Waals surface area contributed by atoms with Crippen molar-refractivity contribution in [2.45, 2.75) is 91.2 Å². The second kappa shape index (κ2) is 10.0. The van der Waals surface area contributed by atoms with Crippen molar-refractivity contribution in [2.24, 2.45) is 0 Å². The molecule has 0 fully saturated rings. The third-order valence-corrected chi connectivity index (χ3v) is 11.5. The highest BCUT2D eigenvalue weighted by molar-refractivity contribution is 14.1. The first-order valence-electron chi connectivity index (χ1n) is 9.10. The predicted octanol–water partition coefficient (Wildman–Crippen LogP) is 7.11. The van der Waals surface area contributed by atoms with E-state index in [4.69, 9.17) is 9.16 Å². The average molecular weight is 495 g/mol. The van der Waals surface area contributed by atoms with Gasteiger partial charge in [-0.3, -0.25) is 0 Å².